The molecular formula is C16H17N3O4. The average molecular weight is 315 g/mol. The molecular weight excluding hydrogens is 298 g/mol. The molecule has 0 radical (unpaired) electrons. The third-order valence-electron chi connectivity index (χ3n) is 3.64. The monoisotopic (exact) mass is 315 g/mol. The van der Waals surface area contributed by atoms with Crippen molar-refractivity contribution >= 4 is 5.91 Å². The Morgan fingerprint density at radius 3 is 2.83 bits per heavy atom. The number of H-pyrrole nitrogens is 1. The van der Waals surface area contributed by atoms with Crippen molar-refractivity contribution in [2.75, 3.05) is 33.4 Å². The van der Waals surface area contributed by atoms with Gasteiger partial charge in [0.05, 0.1) is 26.0 Å². The largest absolute Gasteiger partial charge is 0.497 e. The maximum atomic E-state index is 12.5. The van der Waals surface area contributed by atoms with Gasteiger partial charge < -0.3 is 19.4 Å². The molecule has 7 heteroatoms. The number of rotatable bonds is 3. The molecule has 1 aliphatic heterocycles. The number of carbonyl (C=O) groups is 1. The Bertz CT molecular complexity index is 766. The maximum absolute atomic E-state index is 12.5. The number of morpholine rings is 1. The number of ether oxygens (including phenoxy) is 2. The molecule has 2 heterocycles. The van der Waals surface area contributed by atoms with Gasteiger partial charge in [-0.3, -0.25) is 4.79 Å². The minimum absolute atomic E-state index is 0.225. The van der Waals surface area contributed by atoms with Gasteiger partial charge in [-0.2, -0.15) is 4.98 Å². The van der Waals surface area contributed by atoms with Crippen LogP contribution in [0.4, 0.5) is 0 Å². The quantitative estimate of drug-likeness (QED) is 0.910. The Balaban J connectivity index is 1.95. The summed E-state index contributed by atoms with van der Waals surface area (Å²) in [6.07, 6.45) is 0. The van der Waals surface area contributed by atoms with Crippen molar-refractivity contribution < 1.29 is 14.3 Å². The lowest BCUT2D eigenvalue weighted by molar-refractivity contribution is 0.0298. The van der Waals surface area contributed by atoms with Crippen LogP contribution in [0.5, 0.6) is 5.75 Å². The Morgan fingerprint density at radius 1 is 1.30 bits per heavy atom. The Morgan fingerprint density at radius 2 is 2.09 bits per heavy atom. The summed E-state index contributed by atoms with van der Waals surface area (Å²) in [7, 11) is 1.57. The van der Waals surface area contributed by atoms with E-state index in [1.807, 2.05) is 6.07 Å². The minimum atomic E-state index is -0.554. The van der Waals surface area contributed by atoms with Gasteiger partial charge in [-0.15, -0.1) is 0 Å². The summed E-state index contributed by atoms with van der Waals surface area (Å²) in [6, 6.07) is 8.78. The first kappa shape index (κ1) is 15.2. The van der Waals surface area contributed by atoms with E-state index in [2.05, 4.69) is 9.97 Å². The zero-order valence-corrected chi connectivity index (χ0v) is 12.7. The zero-order chi connectivity index (χ0) is 16.2. The fraction of sp³-hybridized carbons (Fsp3) is 0.312. The smallest absolute Gasteiger partial charge is 0.346 e. The van der Waals surface area contributed by atoms with Crippen molar-refractivity contribution in [2.45, 2.75) is 0 Å². The van der Waals surface area contributed by atoms with Crippen molar-refractivity contribution in [2.24, 2.45) is 0 Å². The number of amides is 1. The van der Waals surface area contributed by atoms with Crippen LogP contribution < -0.4 is 10.4 Å². The van der Waals surface area contributed by atoms with E-state index in [9.17, 15) is 9.59 Å². The third kappa shape index (κ3) is 3.40. The normalized spacial score (nSPS) is 14.6. The summed E-state index contributed by atoms with van der Waals surface area (Å²) in [5.74, 6) is 0.433. The van der Waals surface area contributed by atoms with E-state index >= 15 is 0 Å². The SMILES string of the molecule is COc1cccc(-c2cc(C(=O)N3CCOCC3)[nH]c(=O)n2)c1. The summed E-state index contributed by atoms with van der Waals surface area (Å²) < 4.78 is 10.4. The summed E-state index contributed by atoms with van der Waals surface area (Å²) in [5, 5.41) is 0. The average Bonchev–Trinajstić information content (AvgIpc) is 2.61. The molecule has 1 N–H and O–H groups in total. The van der Waals surface area contributed by atoms with Gasteiger partial charge >= 0.3 is 5.69 Å². The number of nitrogens with zero attached hydrogens (tertiary/aromatic N) is 2. The molecule has 0 aliphatic carbocycles. The Hall–Kier alpha value is -2.67. The van der Waals surface area contributed by atoms with E-state index in [0.717, 1.165) is 0 Å². The number of nitrogens with one attached hydrogen (secondary N) is 1. The van der Waals surface area contributed by atoms with Gasteiger partial charge in [0.1, 0.15) is 11.4 Å². The van der Waals surface area contributed by atoms with Crippen molar-refractivity contribution in [3.05, 3.63) is 46.5 Å². The molecule has 120 valence electrons. The number of hydrogen-bond acceptors (Lipinski definition) is 5. The van der Waals surface area contributed by atoms with Crippen LogP contribution in [0.25, 0.3) is 11.3 Å². The molecule has 1 aromatic carbocycles. The molecule has 0 bridgehead atoms. The van der Waals surface area contributed by atoms with Crippen molar-refractivity contribution in [1.82, 2.24) is 14.9 Å². The van der Waals surface area contributed by atoms with Gasteiger partial charge in [-0.25, -0.2) is 4.79 Å². The first-order valence-electron chi connectivity index (χ1n) is 7.30. The van der Waals surface area contributed by atoms with Crippen LogP contribution in [-0.2, 0) is 4.74 Å². The fourth-order valence-corrected chi connectivity index (χ4v) is 2.44. The molecule has 23 heavy (non-hydrogen) atoms. The molecule has 0 spiro atoms. The number of benzene rings is 1. The number of carbonyl (C=O) groups excluding carboxylic acids is 1. The van der Waals surface area contributed by atoms with Crippen LogP contribution in [0.1, 0.15) is 10.5 Å². The highest BCUT2D eigenvalue weighted by Crippen LogP contribution is 2.22. The molecule has 0 saturated carbocycles. The summed E-state index contributed by atoms with van der Waals surface area (Å²) in [4.78, 5) is 32.5. The second kappa shape index (κ2) is 6.62. The van der Waals surface area contributed by atoms with Crippen molar-refractivity contribution in [3.8, 4) is 17.0 Å². The summed E-state index contributed by atoms with van der Waals surface area (Å²) >= 11 is 0. The van der Waals surface area contributed by atoms with E-state index in [0.29, 0.717) is 43.3 Å². The lowest BCUT2D eigenvalue weighted by Gasteiger charge is -2.26. The third-order valence-corrected chi connectivity index (χ3v) is 3.64. The van der Waals surface area contributed by atoms with Gasteiger partial charge in [0, 0.05) is 18.7 Å². The number of hydrogen-bond donors (Lipinski definition) is 1. The molecule has 2 aromatic rings. The predicted molar refractivity (Wildman–Crippen MR) is 83.6 cm³/mol. The van der Waals surface area contributed by atoms with Gasteiger partial charge in [-0.05, 0) is 18.2 Å². The molecule has 1 aromatic heterocycles. The first-order valence-corrected chi connectivity index (χ1v) is 7.30. The lowest BCUT2D eigenvalue weighted by Crippen LogP contribution is -2.41. The Labute approximate surface area is 132 Å². The summed E-state index contributed by atoms with van der Waals surface area (Å²) in [6.45, 7) is 2.03. The predicted octanol–water partition coefficient (Wildman–Crippen LogP) is 0.918. The molecule has 1 fully saturated rings. The van der Waals surface area contributed by atoms with Gasteiger partial charge in [-0.1, -0.05) is 12.1 Å². The minimum Gasteiger partial charge on any atom is -0.497 e. The van der Waals surface area contributed by atoms with Gasteiger partial charge in [0.25, 0.3) is 5.91 Å². The molecule has 0 unspecified atom stereocenters. The van der Waals surface area contributed by atoms with Crippen LogP contribution >= 0.6 is 0 Å². The standard InChI is InChI=1S/C16H17N3O4/c1-22-12-4-2-3-11(9-12)13-10-14(18-16(21)17-13)15(20)19-5-7-23-8-6-19/h2-4,9-10H,5-8H2,1H3,(H,17,18,21). The van der Waals surface area contributed by atoms with Crippen LogP contribution in [0.15, 0.2) is 35.1 Å². The second-order valence-corrected chi connectivity index (χ2v) is 5.12. The fourth-order valence-electron chi connectivity index (χ4n) is 2.44. The number of methoxy groups -OCH3 is 1. The topological polar surface area (TPSA) is 84.5 Å². The van der Waals surface area contributed by atoms with E-state index in [4.69, 9.17) is 9.47 Å². The number of aromatic nitrogens is 2. The maximum Gasteiger partial charge on any atom is 0.346 e. The van der Waals surface area contributed by atoms with Crippen molar-refractivity contribution in [3.63, 3.8) is 0 Å². The van der Waals surface area contributed by atoms with E-state index in [1.54, 1.807) is 36.3 Å². The zero-order valence-electron chi connectivity index (χ0n) is 12.7. The summed E-state index contributed by atoms with van der Waals surface area (Å²) in [5.41, 5.74) is 0.822. The second-order valence-electron chi connectivity index (χ2n) is 5.12. The van der Waals surface area contributed by atoms with Crippen LogP contribution in [0.2, 0.25) is 0 Å². The molecule has 1 amide bonds. The van der Waals surface area contributed by atoms with Crippen LogP contribution in [-0.4, -0.2) is 54.2 Å². The highest BCUT2D eigenvalue weighted by Gasteiger charge is 2.20. The molecule has 7 nitrogen and oxygen atoms in total. The van der Waals surface area contributed by atoms with Crippen LogP contribution in [0.3, 0.4) is 0 Å². The van der Waals surface area contributed by atoms with E-state index in [1.165, 1.54) is 0 Å². The lowest BCUT2D eigenvalue weighted by atomic mass is 10.1. The van der Waals surface area contributed by atoms with Crippen LogP contribution in [0, 0.1) is 0 Å². The first-order chi connectivity index (χ1) is 11.2. The van der Waals surface area contributed by atoms with Crippen molar-refractivity contribution in [1.29, 1.82) is 0 Å². The highest BCUT2D eigenvalue weighted by atomic mass is 16.5. The van der Waals surface area contributed by atoms with Gasteiger partial charge in [0.2, 0.25) is 0 Å². The molecule has 3 rings (SSSR count). The van der Waals surface area contributed by atoms with Gasteiger partial charge in [0.15, 0.2) is 0 Å². The van der Waals surface area contributed by atoms with E-state index in [-0.39, 0.29) is 11.6 Å². The number of aromatic amines is 1. The van der Waals surface area contributed by atoms with E-state index < -0.39 is 5.69 Å². The molecule has 1 saturated heterocycles. The highest BCUT2D eigenvalue weighted by molar-refractivity contribution is 5.93. The molecule has 0 atom stereocenters. The Kier molecular flexibility index (Phi) is 4.38. The molecule has 1 aliphatic rings.